The van der Waals surface area contributed by atoms with Crippen molar-refractivity contribution in [2.45, 2.75) is 19.5 Å². The molecule has 0 aliphatic rings. The van der Waals surface area contributed by atoms with Gasteiger partial charge in [-0.05, 0) is 53.9 Å². The molecular weight excluding hydrogens is 298 g/mol. The molecule has 1 rings (SSSR count). The molecule has 1 unspecified atom stereocenters. The van der Waals surface area contributed by atoms with Crippen LogP contribution in [-0.2, 0) is 6.54 Å². The van der Waals surface area contributed by atoms with Crippen molar-refractivity contribution in [1.82, 2.24) is 4.90 Å². The van der Waals surface area contributed by atoms with Crippen LogP contribution in [0.25, 0.3) is 0 Å². The van der Waals surface area contributed by atoms with Gasteiger partial charge in [0.1, 0.15) is 5.75 Å². The van der Waals surface area contributed by atoms with Crippen molar-refractivity contribution in [3.8, 4) is 5.75 Å². The van der Waals surface area contributed by atoms with E-state index in [9.17, 15) is 0 Å². The van der Waals surface area contributed by atoms with Gasteiger partial charge >= 0.3 is 0 Å². The van der Waals surface area contributed by atoms with Crippen molar-refractivity contribution in [3.05, 3.63) is 28.2 Å². The summed E-state index contributed by atoms with van der Waals surface area (Å²) in [6, 6.07) is 6.84. The van der Waals surface area contributed by atoms with Gasteiger partial charge in [-0.25, -0.2) is 0 Å². The van der Waals surface area contributed by atoms with Crippen LogP contribution < -0.4 is 4.74 Å². The second kappa shape index (κ2) is 7.29. The van der Waals surface area contributed by atoms with Gasteiger partial charge in [-0.2, -0.15) is 11.8 Å². The zero-order valence-electron chi connectivity index (χ0n) is 10.9. The third kappa shape index (κ3) is 4.53. The maximum absolute atomic E-state index is 5.23. The lowest BCUT2D eigenvalue weighted by molar-refractivity contribution is 0.269. The van der Waals surface area contributed by atoms with Crippen LogP contribution in [-0.4, -0.2) is 37.1 Å². The number of hydrogen-bond donors (Lipinski definition) is 0. The van der Waals surface area contributed by atoms with E-state index in [2.05, 4.69) is 53.2 Å². The highest BCUT2D eigenvalue weighted by molar-refractivity contribution is 9.10. The standard InChI is InChI=1S/C13H20BrNOS/c1-10(9-17-4)15(2)8-11-5-6-13(16-3)12(14)7-11/h5-7,10H,8-9H2,1-4H3. The van der Waals surface area contributed by atoms with Gasteiger partial charge in [0.25, 0.3) is 0 Å². The molecule has 0 aliphatic carbocycles. The van der Waals surface area contributed by atoms with E-state index in [1.54, 1.807) is 7.11 Å². The number of ether oxygens (including phenoxy) is 1. The van der Waals surface area contributed by atoms with E-state index in [4.69, 9.17) is 4.74 Å². The van der Waals surface area contributed by atoms with Gasteiger partial charge in [0, 0.05) is 18.3 Å². The Bertz CT molecular complexity index is 359. The summed E-state index contributed by atoms with van der Waals surface area (Å²) in [5.74, 6) is 2.04. The highest BCUT2D eigenvalue weighted by Gasteiger charge is 2.10. The van der Waals surface area contributed by atoms with Crippen molar-refractivity contribution >= 4 is 27.7 Å². The number of nitrogens with zero attached hydrogens (tertiary/aromatic N) is 1. The summed E-state index contributed by atoms with van der Waals surface area (Å²) in [4.78, 5) is 2.37. The number of rotatable bonds is 6. The van der Waals surface area contributed by atoms with Crippen LogP contribution in [0.2, 0.25) is 0 Å². The number of thioether (sulfide) groups is 1. The predicted molar refractivity (Wildman–Crippen MR) is 80.0 cm³/mol. The van der Waals surface area contributed by atoms with Crippen LogP contribution in [0.3, 0.4) is 0 Å². The van der Waals surface area contributed by atoms with Gasteiger partial charge in [-0.15, -0.1) is 0 Å². The molecule has 0 bridgehead atoms. The molecule has 0 aliphatic heterocycles. The fourth-order valence-corrected chi connectivity index (χ4v) is 2.95. The number of hydrogen-bond acceptors (Lipinski definition) is 3. The maximum Gasteiger partial charge on any atom is 0.133 e. The Hall–Kier alpha value is -0.190. The van der Waals surface area contributed by atoms with Gasteiger partial charge in [-0.3, -0.25) is 4.90 Å². The van der Waals surface area contributed by atoms with Gasteiger partial charge in [-0.1, -0.05) is 6.07 Å². The summed E-state index contributed by atoms with van der Waals surface area (Å²) in [6.45, 7) is 3.22. The third-order valence-electron chi connectivity index (χ3n) is 2.81. The minimum atomic E-state index is 0.589. The molecule has 1 aromatic rings. The molecule has 96 valence electrons. The van der Waals surface area contributed by atoms with E-state index in [1.165, 1.54) is 5.56 Å². The Labute approximate surface area is 117 Å². The largest absolute Gasteiger partial charge is 0.496 e. The first-order valence-electron chi connectivity index (χ1n) is 5.60. The lowest BCUT2D eigenvalue weighted by Gasteiger charge is -2.24. The maximum atomic E-state index is 5.23. The van der Waals surface area contributed by atoms with Gasteiger partial charge in [0.05, 0.1) is 11.6 Å². The molecule has 0 spiro atoms. The Balaban J connectivity index is 2.65. The molecule has 0 radical (unpaired) electrons. The Morgan fingerprint density at radius 2 is 2.18 bits per heavy atom. The van der Waals surface area contributed by atoms with E-state index < -0.39 is 0 Å². The fourth-order valence-electron chi connectivity index (χ4n) is 1.62. The van der Waals surface area contributed by atoms with Gasteiger partial charge in [0.15, 0.2) is 0 Å². The molecule has 1 aromatic carbocycles. The second-order valence-corrected chi connectivity index (χ2v) is 5.95. The molecule has 0 fully saturated rings. The molecule has 17 heavy (non-hydrogen) atoms. The fraction of sp³-hybridized carbons (Fsp3) is 0.538. The van der Waals surface area contributed by atoms with Gasteiger partial charge < -0.3 is 4.74 Å². The van der Waals surface area contributed by atoms with Crippen LogP contribution in [0.15, 0.2) is 22.7 Å². The molecule has 1 atom stereocenters. The van der Waals surface area contributed by atoms with E-state index >= 15 is 0 Å². The summed E-state index contributed by atoms with van der Waals surface area (Å²) in [5.41, 5.74) is 1.30. The normalized spacial score (nSPS) is 12.8. The summed E-state index contributed by atoms with van der Waals surface area (Å²) in [6.07, 6.45) is 2.15. The minimum Gasteiger partial charge on any atom is -0.496 e. The lowest BCUT2D eigenvalue weighted by atomic mass is 10.2. The molecule has 0 N–H and O–H groups in total. The lowest BCUT2D eigenvalue weighted by Crippen LogP contribution is -2.30. The van der Waals surface area contributed by atoms with Crippen LogP contribution in [0.5, 0.6) is 5.75 Å². The van der Waals surface area contributed by atoms with Crippen molar-refractivity contribution in [1.29, 1.82) is 0 Å². The van der Waals surface area contributed by atoms with Crippen molar-refractivity contribution in [2.75, 3.05) is 26.2 Å². The summed E-state index contributed by atoms with van der Waals surface area (Å²) in [5, 5.41) is 0. The van der Waals surface area contributed by atoms with Crippen LogP contribution in [0.4, 0.5) is 0 Å². The predicted octanol–water partition coefficient (Wildman–Crippen LogP) is 3.64. The molecular formula is C13H20BrNOS. The summed E-state index contributed by atoms with van der Waals surface area (Å²) >= 11 is 5.40. The summed E-state index contributed by atoms with van der Waals surface area (Å²) in [7, 11) is 3.85. The van der Waals surface area contributed by atoms with E-state index in [-0.39, 0.29) is 0 Å². The van der Waals surface area contributed by atoms with Crippen LogP contribution in [0.1, 0.15) is 12.5 Å². The molecule has 0 heterocycles. The number of halogens is 1. The Kier molecular flexibility index (Phi) is 6.38. The monoisotopic (exact) mass is 317 g/mol. The van der Waals surface area contributed by atoms with Crippen molar-refractivity contribution in [3.63, 3.8) is 0 Å². The highest BCUT2D eigenvalue weighted by Crippen LogP contribution is 2.26. The van der Waals surface area contributed by atoms with E-state index in [1.807, 2.05) is 17.8 Å². The highest BCUT2D eigenvalue weighted by atomic mass is 79.9. The first-order chi connectivity index (χ1) is 8.08. The first-order valence-corrected chi connectivity index (χ1v) is 7.78. The summed E-state index contributed by atoms with van der Waals surface area (Å²) < 4.78 is 6.24. The molecule has 0 saturated heterocycles. The van der Waals surface area contributed by atoms with Crippen LogP contribution in [0, 0.1) is 0 Å². The Morgan fingerprint density at radius 1 is 1.47 bits per heavy atom. The Morgan fingerprint density at radius 3 is 2.71 bits per heavy atom. The van der Waals surface area contributed by atoms with Crippen molar-refractivity contribution in [2.24, 2.45) is 0 Å². The molecule has 2 nitrogen and oxygen atoms in total. The number of methoxy groups -OCH3 is 1. The SMILES string of the molecule is COc1ccc(CN(C)C(C)CSC)cc1Br. The molecule has 0 saturated carbocycles. The zero-order chi connectivity index (χ0) is 12.8. The molecule has 0 amide bonds. The van der Waals surface area contributed by atoms with E-state index in [0.717, 1.165) is 22.5 Å². The van der Waals surface area contributed by atoms with Crippen molar-refractivity contribution < 1.29 is 4.74 Å². The second-order valence-electron chi connectivity index (χ2n) is 4.19. The quantitative estimate of drug-likeness (QED) is 0.794. The number of benzene rings is 1. The van der Waals surface area contributed by atoms with Crippen LogP contribution >= 0.6 is 27.7 Å². The first kappa shape index (κ1) is 14.9. The third-order valence-corrected chi connectivity index (χ3v) is 4.24. The average molecular weight is 318 g/mol. The topological polar surface area (TPSA) is 12.5 Å². The average Bonchev–Trinajstić information content (AvgIpc) is 2.29. The van der Waals surface area contributed by atoms with Gasteiger partial charge in [0.2, 0.25) is 0 Å². The smallest absolute Gasteiger partial charge is 0.133 e. The minimum absolute atomic E-state index is 0.589. The van der Waals surface area contributed by atoms with E-state index in [0.29, 0.717) is 6.04 Å². The zero-order valence-corrected chi connectivity index (χ0v) is 13.3. The molecule has 0 aromatic heterocycles. The molecule has 4 heteroatoms.